The smallest absolute Gasteiger partial charge is 0.236 e. The fraction of sp³-hybridized carbons (Fsp3) is 0.435. The number of ether oxygens (including phenoxy) is 1. The van der Waals surface area contributed by atoms with E-state index in [0.29, 0.717) is 53.6 Å². The van der Waals surface area contributed by atoms with Crippen LogP contribution in [0, 0.1) is 11.7 Å². The molecule has 1 aliphatic carbocycles. The largest absolute Gasteiger partial charge is 0.481 e. The first-order chi connectivity index (χ1) is 17.0. The number of aliphatic hydroxyl groups is 1. The average molecular weight is 500 g/mol. The number of pyridine rings is 2. The number of halogens is 1. The lowest BCUT2D eigenvalue weighted by molar-refractivity contribution is -0.113. The number of thioether (sulfide) groups is 1. The number of aromatic nitrogens is 4. The summed E-state index contributed by atoms with van der Waals surface area (Å²) in [7, 11) is 1.51. The molecular weight excluding hydrogens is 473 g/mol. The molecule has 5 rings (SSSR count). The summed E-state index contributed by atoms with van der Waals surface area (Å²) in [6.45, 7) is 1.43. The summed E-state index contributed by atoms with van der Waals surface area (Å²) in [5.41, 5.74) is 2.17. The van der Waals surface area contributed by atoms with E-state index >= 15 is 0 Å². The zero-order valence-electron chi connectivity index (χ0n) is 19.1. The van der Waals surface area contributed by atoms with Crippen LogP contribution in [0.3, 0.4) is 0 Å². The van der Waals surface area contributed by atoms with Gasteiger partial charge in [-0.25, -0.2) is 19.3 Å². The monoisotopic (exact) mass is 499 g/mol. The molecule has 1 amide bonds. The maximum Gasteiger partial charge on any atom is 0.236 e. The van der Waals surface area contributed by atoms with Gasteiger partial charge in [-0.2, -0.15) is 0 Å². The molecule has 0 radical (unpaired) electrons. The van der Waals surface area contributed by atoms with Crippen LogP contribution in [0.4, 0.5) is 10.2 Å². The Bertz CT molecular complexity index is 1250. The van der Waals surface area contributed by atoms with E-state index in [1.54, 1.807) is 18.3 Å². The van der Waals surface area contributed by atoms with Gasteiger partial charge >= 0.3 is 0 Å². The normalized spacial score (nSPS) is 21.7. The lowest BCUT2D eigenvalue weighted by Gasteiger charge is -2.17. The van der Waals surface area contributed by atoms with Crippen molar-refractivity contribution >= 4 is 34.5 Å². The number of nitrogens with one attached hydrogen (secondary N) is 3. The van der Waals surface area contributed by atoms with Crippen molar-refractivity contribution in [2.24, 2.45) is 5.92 Å². The maximum absolute atomic E-state index is 14.6. The van der Waals surface area contributed by atoms with Crippen LogP contribution in [0.1, 0.15) is 24.1 Å². The molecule has 0 bridgehead atoms. The SMILES string of the molecule is COc1ccc2ncc(F)c(CN[C@@H]3C[C@H](CNCc4cnc5c(n4)NC(=O)CS5)C[C@@H]3O)c2n1. The first kappa shape index (κ1) is 23.8. The maximum atomic E-state index is 14.6. The van der Waals surface area contributed by atoms with Crippen molar-refractivity contribution in [3.8, 4) is 5.88 Å². The van der Waals surface area contributed by atoms with Gasteiger partial charge in [0.15, 0.2) is 5.82 Å². The minimum atomic E-state index is -0.531. The van der Waals surface area contributed by atoms with Gasteiger partial charge in [0.25, 0.3) is 0 Å². The molecule has 4 N–H and O–H groups in total. The Hall–Kier alpha value is -2.93. The van der Waals surface area contributed by atoms with Gasteiger partial charge in [0.05, 0.1) is 42.6 Å². The quantitative estimate of drug-likeness (QED) is 0.362. The molecule has 3 atom stereocenters. The third-order valence-electron chi connectivity index (χ3n) is 6.24. The molecular formula is C23H26FN7O3S. The molecule has 184 valence electrons. The van der Waals surface area contributed by atoms with Crippen LogP contribution in [0.15, 0.2) is 29.6 Å². The van der Waals surface area contributed by atoms with Gasteiger partial charge in [0, 0.05) is 30.8 Å². The molecule has 1 fully saturated rings. The molecule has 12 heteroatoms. The Labute approximate surface area is 205 Å². The molecule has 35 heavy (non-hydrogen) atoms. The summed E-state index contributed by atoms with van der Waals surface area (Å²) >= 11 is 1.38. The molecule has 3 aromatic heterocycles. The van der Waals surface area contributed by atoms with Gasteiger partial charge in [-0.05, 0) is 31.4 Å². The minimum absolute atomic E-state index is 0.0741. The van der Waals surface area contributed by atoms with E-state index in [1.165, 1.54) is 25.1 Å². The number of anilines is 1. The molecule has 3 aromatic rings. The highest BCUT2D eigenvalue weighted by molar-refractivity contribution is 8.00. The van der Waals surface area contributed by atoms with Crippen molar-refractivity contribution in [3.63, 3.8) is 0 Å². The van der Waals surface area contributed by atoms with Crippen LogP contribution in [0.2, 0.25) is 0 Å². The Balaban J connectivity index is 1.15. The van der Waals surface area contributed by atoms with Crippen LogP contribution in [-0.4, -0.2) is 62.5 Å². The summed E-state index contributed by atoms with van der Waals surface area (Å²) in [6, 6.07) is 3.27. The highest BCUT2D eigenvalue weighted by Gasteiger charge is 2.32. The lowest BCUT2D eigenvalue weighted by atomic mass is 10.1. The predicted molar refractivity (Wildman–Crippen MR) is 128 cm³/mol. The van der Waals surface area contributed by atoms with Gasteiger partial charge in [0.1, 0.15) is 16.4 Å². The first-order valence-electron chi connectivity index (χ1n) is 11.4. The number of carbonyl (C=O) groups excluding carboxylic acids is 1. The molecule has 4 heterocycles. The molecule has 10 nitrogen and oxygen atoms in total. The van der Waals surface area contributed by atoms with Crippen molar-refractivity contribution < 1.29 is 19.0 Å². The van der Waals surface area contributed by atoms with Gasteiger partial charge in [-0.3, -0.25) is 9.78 Å². The van der Waals surface area contributed by atoms with Crippen LogP contribution in [-0.2, 0) is 17.9 Å². The second kappa shape index (κ2) is 10.4. The second-order valence-corrected chi connectivity index (χ2v) is 9.65. The van der Waals surface area contributed by atoms with Gasteiger partial charge in [-0.15, -0.1) is 0 Å². The number of methoxy groups -OCH3 is 1. The minimum Gasteiger partial charge on any atom is -0.481 e. The summed E-state index contributed by atoms with van der Waals surface area (Å²) in [5, 5.41) is 20.7. The zero-order chi connectivity index (χ0) is 24.4. The van der Waals surface area contributed by atoms with Crippen molar-refractivity contribution in [2.45, 2.75) is 43.1 Å². The lowest BCUT2D eigenvalue weighted by Crippen LogP contribution is -2.35. The van der Waals surface area contributed by atoms with Crippen molar-refractivity contribution in [3.05, 3.63) is 41.6 Å². The highest BCUT2D eigenvalue weighted by atomic mass is 32.2. The standard InChI is InChI=1S/C23H26FN7O3S/c1-34-20-3-2-16-21(31-20)14(15(24)10-27-16)9-26-17-4-12(5-18(17)32)6-25-7-13-8-28-23-22(29-13)30-19(33)11-35-23/h2-3,8,10,12,17-18,25-26,32H,4-7,9,11H2,1H3,(H,29,30,33)/t12-,17+,18-/m0/s1. The van der Waals surface area contributed by atoms with E-state index in [1.807, 2.05) is 0 Å². The molecule has 1 saturated carbocycles. The van der Waals surface area contributed by atoms with E-state index in [9.17, 15) is 14.3 Å². The van der Waals surface area contributed by atoms with Crippen molar-refractivity contribution in [1.29, 1.82) is 0 Å². The van der Waals surface area contributed by atoms with Crippen molar-refractivity contribution in [1.82, 2.24) is 30.6 Å². The van der Waals surface area contributed by atoms with E-state index < -0.39 is 11.9 Å². The highest BCUT2D eigenvalue weighted by Crippen LogP contribution is 2.28. The zero-order valence-corrected chi connectivity index (χ0v) is 19.9. The topological polar surface area (TPSA) is 134 Å². The van der Waals surface area contributed by atoms with Crippen LogP contribution in [0.25, 0.3) is 11.0 Å². The molecule has 1 aliphatic heterocycles. The number of hydrogen-bond acceptors (Lipinski definition) is 10. The Morgan fingerprint density at radius 2 is 2.11 bits per heavy atom. The first-order valence-corrected chi connectivity index (χ1v) is 12.4. The molecule has 0 aromatic carbocycles. The average Bonchev–Trinajstić information content (AvgIpc) is 3.21. The summed E-state index contributed by atoms with van der Waals surface area (Å²) in [4.78, 5) is 28.9. The van der Waals surface area contributed by atoms with E-state index in [0.717, 1.165) is 17.1 Å². The molecule has 2 aliphatic rings. The third-order valence-corrected chi connectivity index (χ3v) is 7.22. The number of carbonyl (C=O) groups is 1. The fourth-order valence-electron chi connectivity index (χ4n) is 4.49. The molecule has 0 unspecified atom stereocenters. The number of fused-ring (bicyclic) bond motifs is 2. The van der Waals surface area contributed by atoms with Crippen LogP contribution in [0.5, 0.6) is 5.88 Å². The van der Waals surface area contributed by atoms with E-state index in [-0.39, 0.29) is 24.4 Å². The number of nitrogens with zero attached hydrogens (tertiary/aromatic N) is 4. The van der Waals surface area contributed by atoms with Crippen molar-refractivity contribution in [2.75, 3.05) is 24.7 Å². The van der Waals surface area contributed by atoms with Gasteiger partial charge in [0.2, 0.25) is 11.8 Å². The summed E-state index contributed by atoms with van der Waals surface area (Å²) in [5.74, 6) is 0.984. The summed E-state index contributed by atoms with van der Waals surface area (Å²) < 4.78 is 19.7. The second-order valence-electron chi connectivity index (χ2n) is 8.68. The predicted octanol–water partition coefficient (Wildman–Crippen LogP) is 1.63. The van der Waals surface area contributed by atoms with Gasteiger partial charge < -0.3 is 25.8 Å². The molecule has 0 spiro atoms. The van der Waals surface area contributed by atoms with E-state index in [2.05, 4.69) is 35.9 Å². The number of amides is 1. The van der Waals surface area contributed by atoms with Crippen LogP contribution >= 0.6 is 11.8 Å². The third kappa shape index (κ3) is 5.35. The summed E-state index contributed by atoms with van der Waals surface area (Å²) in [6.07, 6.45) is 3.76. The Morgan fingerprint density at radius 3 is 2.97 bits per heavy atom. The van der Waals surface area contributed by atoms with Gasteiger partial charge in [-0.1, -0.05) is 11.8 Å². The fourth-order valence-corrected chi connectivity index (χ4v) is 5.19. The Kier molecular flexibility index (Phi) is 7.04. The Morgan fingerprint density at radius 1 is 1.23 bits per heavy atom. The number of rotatable bonds is 8. The van der Waals surface area contributed by atoms with Crippen LogP contribution < -0.4 is 20.7 Å². The number of aliphatic hydroxyl groups excluding tert-OH is 1. The molecule has 0 saturated heterocycles. The number of hydrogen-bond donors (Lipinski definition) is 4. The van der Waals surface area contributed by atoms with E-state index in [4.69, 9.17) is 4.74 Å².